The highest BCUT2D eigenvalue weighted by molar-refractivity contribution is 5.95. The van der Waals surface area contributed by atoms with E-state index in [9.17, 15) is 9.59 Å². The van der Waals surface area contributed by atoms with Gasteiger partial charge in [0.2, 0.25) is 5.91 Å². The van der Waals surface area contributed by atoms with E-state index in [0.717, 1.165) is 37.8 Å². The summed E-state index contributed by atoms with van der Waals surface area (Å²) in [6.07, 6.45) is 11.0. The Morgan fingerprint density at radius 3 is 2.36 bits per heavy atom. The average Bonchev–Trinajstić information content (AvgIpc) is 2.99. The van der Waals surface area contributed by atoms with Gasteiger partial charge in [0.15, 0.2) is 0 Å². The van der Waals surface area contributed by atoms with Crippen molar-refractivity contribution in [2.45, 2.75) is 63.8 Å². The van der Waals surface area contributed by atoms with Crippen molar-refractivity contribution in [2.24, 2.45) is 11.8 Å². The van der Waals surface area contributed by atoms with Gasteiger partial charge in [-0.3, -0.25) is 15.0 Å². The molecule has 3 rings (SSSR count). The van der Waals surface area contributed by atoms with Crippen molar-refractivity contribution in [2.75, 3.05) is 19.6 Å². The number of urea groups is 1. The van der Waals surface area contributed by atoms with Crippen LogP contribution in [0, 0.1) is 11.8 Å². The zero-order valence-electron chi connectivity index (χ0n) is 13.5. The van der Waals surface area contributed by atoms with Crippen LogP contribution < -0.4 is 10.6 Å². The van der Waals surface area contributed by atoms with Gasteiger partial charge in [0.25, 0.3) is 0 Å². The highest BCUT2D eigenvalue weighted by Gasteiger charge is 2.31. The molecule has 124 valence electrons. The predicted octanol–water partition coefficient (Wildman–Crippen LogP) is 2.27. The number of likely N-dealkylation sites (tertiary alicyclic amines) is 1. The summed E-state index contributed by atoms with van der Waals surface area (Å²) in [6, 6.07) is -0.0600. The molecule has 1 heterocycles. The van der Waals surface area contributed by atoms with Crippen molar-refractivity contribution in [1.82, 2.24) is 15.5 Å². The van der Waals surface area contributed by atoms with Gasteiger partial charge >= 0.3 is 6.03 Å². The van der Waals surface area contributed by atoms with E-state index >= 15 is 0 Å². The molecule has 3 amide bonds. The summed E-state index contributed by atoms with van der Waals surface area (Å²) in [5.74, 6) is 1.48. The number of nitrogens with zero attached hydrogens (tertiary/aromatic N) is 1. The molecule has 5 heteroatoms. The van der Waals surface area contributed by atoms with Gasteiger partial charge in [-0.1, -0.05) is 32.1 Å². The first-order valence-corrected chi connectivity index (χ1v) is 9.03. The van der Waals surface area contributed by atoms with Crippen molar-refractivity contribution < 1.29 is 9.59 Å². The number of rotatable bonds is 3. The topological polar surface area (TPSA) is 61.4 Å². The molecule has 0 unspecified atom stereocenters. The number of carbonyl (C=O) groups excluding carboxylic acids is 2. The van der Waals surface area contributed by atoms with Gasteiger partial charge in [0.1, 0.15) is 0 Å². The standard InChI is InChI=1S/C17H29N3O2/c21-16(19-17(22)18-15-7-3-4-8-15)12-20-10-9-13-5-1-2-6-14(13)11-20/h13-15H,1-12H2,(H2,18,19,21,22)/t13-,14-/m0/s1. The molecular weight excluding hydrogens is 278 g/mol. The van der Waals surface area contributed by atoms with Gasteiger partial charge in [-0.2, -0.15) is 0 Å². The van der Waals surface area contributed by atoms with Crippen LogP contribution in [0.3, 0.4) is 0 Å². The van der Waals surface area contributed by atoms with E-state index in [2.05, 4.69) is 15.5 Å². The number of hydrogen-bond acceptors (Lipinski definition) is 3. The Labute approximate surface area is 133 Å². The third-order valence-electron chi connectivity index (χ3n) is 5.69. The molecule has 1 aliphatic heterocycles. The molecular formula is C17H29N3O2. The Hall–Kier alpha value is -1.10. The minimum absolute atomic E-state index is 0.162. The maximum absolute atomic E-state index is 12.0. The van der Waals surface area contributed by atoms with E-state index in [4.69, 9.17) is 0 Å². The Bertz CT molecular complexity index is 407. The second-order valence-corrected chi connectivity index (χ2v) is 7.33. The lowest BCUT2D eigenvalue weighted by Crippen LogP contribution is -2.49. The average molecular weight is 307 g/mol. The van der Waals surface area contributed by atoms with Crippen LogP contribution in [0.25, 0.3) is 0 Å². The summed E-state index contributed by atoms with van der Waals surface area (Å²) in [5, 5.41) is 5.40. The second-order valence-electron chi connectivity index (χ2n) is 7.33. The molecule has 3 aliphatic rings. The van der Waals surface area contributed by atoms with Gasteiger partial charge in [0.05, 0.1) is 6.54 Å². The third-order valence-corrected chi connectivity index (χ3v) is 5.69. The number of piperidine rings is 1. The zero-order valence-corrected chi connectivity index (χ0v) is 13.5. The molecule has 2 atom stereocenters. The molecule has 0 aromatic carbocycles. The van der Waals surface area contributed by atoms with Crippen molar-refractivity contribution in [3.8, 4) is 0 Å². The van der Waals surface area contributed by atoms with Crippen LogP contribution in [0.1, 0.15) is 57.8 Å². The smallest absolute Gasteiger partial charge is 0.321 e. The second kappa shape index (κ2) is 7.44. The lowest BCUT2D eigenvalue weighted by Gasteiger charge is -2.41. The van der Waals surface area contributed by atoms with E-state index in [0.29, 0.717) is 6.54 Å². The predicted molar refractivity (Wildman–Crippen MR) is 85.4 cm³/mol. The molecule has 2 N–H and O–H groups in total. The summed E-state index contributed by atoms with van der Waals surface area (Å²) in [6.45, 7) is 2.39. The first-order valence-electron chi connectivity index (χ1n) is 9.03. The molecule has 2 saturated carbocycles. The molecule has 0 spiro atoms. The maximum Gasteiger partial charge on any atom is 0.321 e. The van der Waals surface area contributed by atoms with Crippen molar-refractivity contribution in [3.63, 3.8) is 0 Å². The first kappa shape index (κ1) is 15.8. The lowest BCUT2D eigenvalue weighted by atomic mass is 9.75. The molecule has 1 saturated heterocycles. The monoisotopic (exact) mass is 307 g/mol. The Kier molecular flexibility index (Phi) is 5.34. The van der Waals surface area contributed by atoms with E-state index in [1.165, 1.54) is 44.9 Å². The Morgan fingerprint density at radius 2 is 1.59 bits per heavy atom. The number of imide groups is 1. The van der Waals surface area contributed by atoms with Gasteiger partial charge < -0.3 is 5.32 Å². The van der Waals surface area contributed by atoms with Gasteiger partial charge in [-0.05, 0) is 44.1 Å². The molecule has 0 bridgehead atoms. The fourth-order valence-corrected chi connectivity index (χ4v) is 4.48. The Morgan fingerprint density at radius 1 is 0.909 bits per heavy atom. The number of nitrogens with one attached hydrogen (secondary N) is 2. The fourth-order valence-electron chi connectivity index (χ4n) is 4.48. The van der Waals surface area contributed by atoms with E-state index < -0.39 is 0 Å². The molecule has 0 aromatic rings. The van der Waals surface area contributed by atoms with Crippen LogP contribution in [0.4, 0.5) is 4.79 Å². The largest absolute Gasteiger partial charge is 0.335 e. The Balaban J connectivity index is 1.38. The first-order chi connectivity index (χ1) is 10.7. The quantitative estimate of drug-likeness (QED) is 0.841. The van der Waals surface area contributed by atoms with Gasteiger partial charge in [-0.25, -0.2) is 4.79 Å². The summed E-state index contributed by atoms with van der Waals surface area (Å²) in [5.41, 5.74) is 0. The minimum Gasteiger partial charge on any atom is -0.335 e. The summed E-state index contributed by atoms with van der Waals surface area (Å²) < 4.78 is 0. The number of amides is 3. The zero-order chi connectivity index (χ0) is 15.4. The van der Waals surface area contributed by atoms with Crippen LogP contribution in [-0.4, -0.2) is 42.5 Å². The van der Waals surface area contributed by atoms with Crippen LogP contribution in [0.5, 0.6) is 0 Å². The molecule has 0 radical (unpaired) electrons. The van der Waals surface area contributed by atoms with E-state index in [-0.39, 0.29) is 18.0 Å². The van der Waals surface area contributed by atoms with Crippen LogP contribution in [0.2, 0.25) is 0 Å². The van der Waals surface area contributed by atoms with Crippen molar-refractivity contribution in [1.29, 1.82) is 0 Å². The maximum atomic E-state index is 12.0. The molecule has 5 nitrogen and oxygen atoms in total. The lowest BCUT2D eigenvalue weighted by molar-refractivity contribution is -0.121. The van der Waals surface area contributed by atoms with Crippen molar-refractivity contribution >= 4 is 11.9 Å². The number of carbonyl (C=O) groups is 2. The summed E-state index contributed by atoms with van der Waals surface area (Å²) in [7, 11) is 0. The molecule has 0 aromatic heterocycles. The fraction of sp³-hybridized carbons (Fsp3) is 0.882. The van der Waals surface area contributed by atoms with Crippen LogP contribution in [-0.2, 0) is 4.79 Å². The van der Waals surface area contributed by atoms with Crippen LogP contribution in [0.15, 0.2) is 0 Å². The van der Waals surface area contributed by atoms with Crippen molar-refractivity contribution in [3.05, 3.63) is 0 Å². The number of fused-ring (bicyclic) bond motifs is 1. The van der Waals surface area contributed by atoms with Gasteiger partial charge in [0, 0.05) is 12.6 Å². The highest BCUT2D eigenvalue weighted by Crippen LogP contribution is 2.35. The third kappa shape index (κ3) is 4.22. The molecule has 2 aliphatic carbocycles. The number of hydrogen-bond donors (Lipinski definition) is 2. The van der Waals surface area contributed by atoms with Crippen LogP contribution >= 0.6 is 0 Å². The normalized spacial score (nSPS) is 29.8. The molecule has 3 fully saturated rings. The summed E-state index contributed by atoms with van der Waals surface area (Å²) in [4.78, 5) is 26.1. The van der Waals surface area contributed by atoms with E-state index in [1.54, 1.807) is 0 Å². The molecule has 22 heavy (non-hydrogen) atoms. The van der Waals surface area contributed by atoms with E-state index in [1.807, 2.05) is 0 Å². The minimum atomic E-state index is -0.315. The highest BCUT2D eigenvalue weighted by atomic mass is 16.2. The van der Waals surface area contributed by atoms with Gasteiger partial charge in [-0.15, -0.1) is 0 Å². The SMILES string of the molecule is O=C(CN1CC[C@@H]2CCCC[C@H]2C1)NC(=O)NC1CCCC1. The summed E-state index contributed by atoms with van der Waals surface area (Å²) >= 11 is 0.